The van der Waals surface area contributed by atoms with Crippen LogP contribution in [0.3, 0.4) is 0 Å². The molecule has 5 rings (SSSR count). The Kier molecular flexibility index (Phi) is 6.76. The summed E-state index contributed by atoms with van der Waals surface area (Å²) >= 11 is 0. The fourth-order valence-electron chi connectivity index (χ4n) is 5.76. The van der Waals surface area contributed by atoms with Crippen LogP contribution in [0, 0.1) is 6.92 Å². The summed E-state index contributed by atoms with van der Waals surface area (Å²) in [5, 5.41) is 23.4. The molecule has 1 atom stereocenters. The topological polar surface area (TPSA) is 40.5 Å². The Balaban J connectivity index is 1.54. The zero-order valence-electron chi connectivity index (χ0n) is 23.8. The van der Waals surface area contributed by atoms with Crippen molar-refractivity contribution in [2.75, 3.05) is 0 Å². The molecule has 0 spiro atoms. The fraction of sp³-hybridized carbons (Fsp3) is 0.243. The van der Waals surface area contributed by atoms with Crippen LogP contribution in [-0.4, -0.2) is 10.2 Å². The van der Waals surface area contributed by atoms with E-state index < -0.39 is 0 Å². The molecule has 0 aliphatic carbocycles. The first kappa shape index (κ1) is 26.6. The van der Waals surface area contributed by atoms with Crippen molar-refractivity contribution in [3.05, 3.63) is 142 Å². The van der Waals surface area contributed by atoms with Crippen LogP contribution in [0.2, 0.25) is 0 Å². The van der Waals surface area contributed by atoms with E-state index in [0.29, 0.717) is 11.5 Å². The molecule has 1 unspecified atom stereocenters. The van der Waals surface area contributed by atoms with Crippen LogP contribution in [0.25, 0.3) is 10.8 Å². The average molecular weight is 515 g/mol. The van der Waals surface area contributed by atoms with Gasteiger partial charge in [0, 0.05) is 22.3 Å². The van der Waals surface area contributed by atoms with Gasteiger partial charge in [0.05, 0.1) is 0 Å². The Hall–Kier alpha value is -4.04. The van der Waals surface area contributed by atoms with Gasteiger partial charge >= 0.3 is 0 Å². The highest BCUT2D eigenvalue weighted by Gasteiger charge is 2.29. The van der Waals surface area contributed by atoms with Crippen molar-refractivity contribution in [1.82, 2.24) is 0 Å². The number of aryl methyl sites for hydroxylation is 1. The van der Waals surface area contributed by atoms with Gasteiger partial charge in [0.25, 0.3) is 0 Å². The third-order valence-electron chi connectivity index (χ3n) is 8.73. The molecule has 5 aromatic carbocycles. The smallest absolute Gasteiger partial charge is 0.119 e. The summed E-state index contributed by atoms with van der Waals surface area (Å²) < 4.78 is 0. The van der Waals surface area contributed by atoms with E-state index in [-0.39, 0.29) is 16.7 Å². The normalized spacial score (nSPS) is 13.0. The summed E-state index contributed by atoms with van der Waals surface area (Å²) in [5.74, 6) is 0.688. The minimum atomic E-state index is -0.280. The lowest BCUT2D eigenvalue weighted by Gasteiger charge is -2.31. The first-order valence-electron chi connectivity index (χ1n) is 13.7. The molecule has 0 heterocycles. The highest BCUT2D eigenvalue weighted by Crippen LogP contribution is 2.41. The van der Waals surface area contributed by atoms with Crippen LogP contribution < -0.4 is 0 Å². The zero-order chi connectivity index (χ0) is 27.9. The van der Waals surface area contributed by atoms with Gasteiger partial charge in [-0.25, -0.2) is 0 Å². The maximum absolute atomic E-state index is 11.0. The lowest BCUT2D eigenvalue weighted by Crippen LogP contribution is -2.23. The highest BCUT2D eigenvalue weighted by molar-refractivity contribution is 5.86. The standard InChI is InChI=1S/C37H38O2/c1-24-21-29(17-19-34(24)38)36(3,4)27-13-10-14-28(22-27)37(5,6)30-18-20-35(39)33(23-30)25(2)31-16-9-12-26-11-7-8-15-32(26)31/h7-23,25,38-39H,1-6H3. The van der Waals surface area contributed by atoms with Gasteiger partial charge in [-0.3, -0.25) is 0 Å². The summed E-state index contributed by atoms with van der Waals surface area (Å²) in [6.07, 6.45) is 0. The zero-order valence-corrected chi connectivity index (χ0v) is 23.8. The van der Waals surface area contributed by atoms with Crippen molar-refractivity contribution >= 4 is 10.8 Å². The molecule has 0 aliphatic rings. The van der Waals surface area contributed by atoms with Crippen LogP contribution in [0.15, 0.2) is 103 Å². The summed E-state index contributed by atoms with van der Waals surface area (Å²) in [4.78, 5) is 0. The van der Waals surface area contributed by atoms with E-state index in [9.17, 15) is 10.2 Å². The molecule has 0 amide bonds. The number of hydrogen-bond acceptors (Lipinski definition) is 2. The molecule has 2 N–H and O–H groups in total. The predicted octanol–water partition coefficient (Wildman–Crippen LogP) is 9.36. The van der Waals surface area contributed by atoms with Crippen molar-refractivity contribution < 1.29 is 10.2 Å². The Morgan fingerprint density at radius 1 is 0.538 bits per heavy atom. The van der Waals surface area contributed by atoms with Crippen molar-refractivity contribution in [2.24, 2.45) is 0 Å². The molecular formula is C37H38O2. The van der Waals surface area contributed by atoms with E-state index in [0.717, 1.165) is 16.7 Å². The van der Waals surface area contributed by atoms with E-state index in [2.05, 4.69) is 120 Å². The third kappa shape index (κ3) is 4.81. The van der Waals surface area contributed by atoms with E-state index in [1.165, 1.54) is 33.0 Å². The molecule has 39 heavy (non-hydrogen) atoms. The van der Waals surface area contributed by atoms with Gasteiger partial charge in [0.1, 0.15) is 11.5 Å². The SMILES string of the molecule is Cc1cc(C(C)(C)c2cccc(C(C)(C)c3ccc(O)c(C(C)c4cccc5ccccc45)c3)c2)ccc1O. The molecule has 0 saturated carbocycles. The molecule has 0 radical (unpaired) electrons. The second kappa shape index (κ2) is 9.93. The first-order valence-corrected chi connectivity index (χ1v) is 13.7. The van der Waals surface area contributed by atoms with Crippen LogP contribution in [0.4, 0.5) is 0 Å². The van der Waals surface area contributed by atoms with Crippen molar-refractivity contribution in [2.45, 2.75) is 58.3 Å². The molecule has 2 heteroatoms. The number of phenolic OH excluding ortho intramolecular Hbond substituents is 2. The predicted molar refractivity (Wildman–Crippen MR) is 163 cm³/mol. The molecule has 0 bridgehead atoms. The van der Waals surface area contributed by atoms with Gasteiger partial charge < -0.3 is 10.2 Å². The maximum Gasteiger partial charge on any atom is 0.119 e. The largest absolute Gasteiger partial charge is 0.508 e. The lowest BCUT2D eigenvalue weighted by atomic mass is 9.72. The minimum absolute atomic E-state index is 0.0369. The van der Waals surface area contributed by atoms with Gasteiger partial charge in [-0.1, -0.05) is 126 Å². The van der Waals surface area contributed by atoms with Crippen LogP contribution >= 0.6 is 0 Å². The van der Waals surface area contributed by atoms with Gasteiger partial charge in [-0.2, -0.15) is 0 Å². The second-order valence-electron chi connectivity index (χ2n) is 11.9. The molecule has 0 aliphatic heterocycles. The van der Waals surface area contributed by atoms with Gasteiger partial charge in [0.15, 0.2) is 0 Å². The molecule has 0 fully saturated rings. The van der Waals surface area contributed by atoms with Crippen LogP contribution in [-0.2, 0) is 10.8 Å². The van der Waals surface area contributed by atoms with Crippen LogP contribution in [0.5, 0.6) is 11.5 Å². The highest BCUT2D eigenvalue weighted by atomic mass is 16.3. The maximum atomic E-state index is 11.0. The summed E-state index contributed by atoms with van der Waals surface area (Å²) in [6.45, 7) is 13.1. The monoisotopic (exact) mass is 514 g/mol. The summed E-state index contributed by atoms with van der Waals surface area (Å²) in [7, 11) is 0. The molecule has 2 nitrogen and oxygen atoms in total. The molecular weight excluding hydrogens is 476 g/mol. The number of hydrogen-bond donors (Lipinski definition) is 2. The van der Waals surface area contributed by atoms with Crippen LogP contribution in [0.1, 0.15) is 79.5 Å². The molecule has 0 saturated heterocycles. The summed E-state index contributed by atoms with van der Waals surface area (Å²) in [6, 6.07) is 35.6. The number of rotatable bonds is 6. The van der Waals surface area contributed by atoms with Gasteiger partial charge in [0.2, 0.25) is 0 Å². The Morgan fingerprint density at radius 2 is 1.08 bits per heavy atom. The van der Waals surface area contributed by atoms with E-state index in [4.69, 9.17) is 0 Å². The van der Waals surface area contributed by atoms with Crippen molar-refractivity contribution in [3.8, 4) is 11.5 Å². The number of fused-ring (bicyclic) bond motifs is 1. The van der Waals surface area contributed by atoms with Crippen molar-refractivity contribution in [1.29, 1.82) is 0 Å². The average Bonchev–Trinajstić information content (AvgIpc) is 2.94. The Morgan fingerprint density at radius 3 is 1.74 bits per heavy atom. The quantitative estimate of drug-likeness (QED) is 0.237. The number of phenols is 2. The second-order valence-corrected chi connectivity index (χ2v) is 11.9. The molecule has 0 aromatic heterocycles. The van der Waals surface area contributed by atoms with E-state index in [1.807, 2.05) is 19.1 Å². The lowest BCUT2D eigenvalue weighted by molar-refractivity contribution is 0.465. The Bertz CT molecular complexity index is 1650. The minimum Gasteiger partial charge on any atom is -0.508 e. The summed E-state index contributed by atoms with van der Waals surface area (Å²) in [5.41, 5.74) is 7.31. The van der Waals surface area contributed by atoms with Gasteiger partial charge in [-0.15, -0.1) is 0 Å². The number of aromatic hydroxyl groups is 2. The number of benzene rings is 5. The van der Waals surface area contributed by atoms with E-state index in [1.54, 1.807) is 6.07 Å². The molecule has 198 valence electrons. The van der Waals surface area contributed by atoms with E-state index >= 15 is 0 Å². The molecule has 5 aromatic rings. The van der Waals surface area contributed by atoms with Crippen molar-refractivity contribution in [3.63, 3.8) is 0 Å². The Labute approximate surface area is 232 Å². The third-order valence-corrected chi connectivity index (χ3v) is 8.73. The first-order chi connectivity index (χ1) is 18.5. The fourth-order valence-corrected chi connectivity index (χ4v) is 5.76. The van der Waals surface area contributed by atoms with Gasteiger partial charge in [-0.05, 0) is 63.2 Å².